The third kappa shape index (κ3) is 4.64. The molecule has 0 atom stereocenters. The van der Waals surface area contributed by atoms with Crippen LogP contribution in [0.3, 0.4) is 0 Å². The lowest BCUT2D eigenvalue weighted by Gasteiger charge is -2.37. The Balaban J connectivity index is 1.87. The highest BCUT2D eigenvalue weighted by atomic mass is 79.9. The maximum atomic E-state index is 5.93. The fourth-order valence-electron chi connectivity index (χ4n) is 3.98. The summed E-state index contributed by atoms with van der Waals surface area (Å²) in [5.41, 5.74) is 0. The van der Waals surface area contributed by atoms with Crippen LogP contribution in [0.1, 0.15) is 64.2 Å². The molecule has 0 aromatic carbocycles. The van der Waals surface area contributed by atoms with E-state index in [2.05, 4.69) is 15.9 Å². The molecule has 2 saturated carbocycles. The highest BCUT2D eigenvalue weighted by molar-refractivity contribution is 9.09. The quantitative estimate of drug-likeness (QED) is 0.388. The van der Waals surface area contributed by atoms with E-state index in [1.807, 2.05) is 0 Å². The minimum absolute atomic E-state index is 0.653. The summed E-state index contributed by atoms with van der Waals surface area (Å²) < 4.78 is 5.93. The molecule has 3 heteroatoms. The molecule has 18 heavy (non-hydrogen) atoms. The maximum Gasteiger partial charge on any atom is 0.241 e. The van der Waals surface area contributed by atoms with Crippen LogP contribution >= 0.6 is 15.9 Å². The summed E-state index contributed by atoms with van der Waals surface area (Å²) in [7, 11) is 0.653. The predicted molar refractivity (Wildman–Crippen MR) is 82.1 cm³/mol. The van der Waals surface area contributed by atoms with Crippen LogP contribution in [0.4, 0.5) is 0 Å². The third-order valence-corrected chi connectivity index (χ3v) is 6.11. The van der Waals surface area contributed by atoms with Crippen molar-refractivity contribution in [1.29, 1.82) is 0 Å². The first kappa shape index (κ1) is 15.1. The largest absolute Gasteiger partial charge is 0.416 e. The molecule has 0 heterocycles. The number of rotatable bonds is 6. The first-order valence-electron chi connectivity index (χ1n) is 7.82. The molecule has 2 fully saturated rings. The minimum atomic E-state index is 0.653. The van der Waals surface area contributed by atoms with E-state index in [1.54, 1.807) is 0 Å². The predicted octanol–water partition coefficient (Wildman–Crippen LogP) is 4.75. The summed E-state index contributed by atoms with van der Waals surface area (Å²) in [4.78, 5) is 1.01. The molecule has 2 aliphatic carbocycles. The molecule has 0 amide bonds. The smallest absolute Gasteiger partial charge is 0.241 e. The Morgan fingerprint density at radius 2 is 1.39 bits per heavy atom. The van der Waals surface area contributed by atoms with Crippen molar-refractivity contribution >= 4 is 25.7 Å². The second kappa shape index (κ2) is 8.75. The molecule has 2 radical (unpaired) electrons. The van der Waals surface area contributed by atoms with Crippen molar-refractivity contribution in [2.45, 2.75) is 64.2 Å². The molecule has 0 N–H and O–H groups in total. The number of halogens is 1. The molecule has 0 unspecified atom stereocenters. The van der Waals surface area contributed by atoms with Gasteiger partial charge in [0.2, 0.25) is 9.76 Å². The van der Waals surface area contributed by atoms with E-state index < -0.39 is 0 Å². The average molecular weight is 331 g/mol. The van der Waals surface area contributed by atoms with Crippen molar-refractivity contribution in [3.8, 4) is 0 Å². The van der Waals surface area contributed by atoms with Gasteiger partial charge in [-0.05, 0) is 17.8 Å². The molecule has 0 aliphatic heterocycles. The van der Waals surface area contributed by atoms with Gasteiger partial charge in [0.15, 0.2) is 0 Å². The summed E-state index contributed by atoms with van der Waals surface area (Å²) in [6, 6.07) is 0. The molecular formula is C15H27BrOSi. The average Bonchev–Trinajstić information content (AvgIpc) is 2.46. The molecule has 1 nitrogen and oxygen atoms in total. The second-order valence-corrected chi connectivity index (χ2v) is 8.58. The molecule has 0 bridgehead atoms. The highest BCUT2D eigenvalue weighted by Crippen LogP contribution is 2.39. The van der Waals surface area contributed by atoms with Crippen LogP contribution in [0.2, 0.25) is 0 Å². The standard InChI is InChI=1S/C15H27BrOSi/c16-12-18-17-11-15(13-7-3-1-4-8-13)14-9-5-2-6-10-14/h13-15H,1-12H2. The van der Waals surface area contributed by atoms with Crippen LogP contribution in [-0.4, -0.2) is 21.3 Å². The topological polar surface area (TPSA) is 9.23 Å². The van der Waals surface area contributed by atoms with Gasteiger partial charge >= 0.3 is 0 Å². The summed E-state index contributed by atoms with van der Waals surface area (Å²) in [5.74, 6) is 2.82. The maximum absolute atomic E-state index is 5.93. The number of hydrogen-bond acceptors (Lipinski definition) is 1. The molecule has 2 rings (SSSR count). The van der Waals surface area contributed by atoms with Gasteiger partial charge in [-0.25, -0.2) is 0 Å². The lowest BCUT2D eigenvalue weighted by atomic mass is 9.70. The van der Waals surface area contributed by atoms with Crippen molar-refractivity contribution in [3.05, 3.63) is 0 Å². The van der Waals surface area contributed by atoms with Crippen LogP contribution in [0.5, 0.6) is 0 Å². The Kier molecular flexibility index (Phi) is 7.32. The van der Waals surface area contributed by atoms with Crippen LogP contribution < -0.4 is 0 Å². The van der Waals surface area contributed by atoms with Gasteiger partial charge in [0, 0.05) is 11.6 Å². The van der Waals surface area contributed by atoms with Gasteiger partial charge in [0.05, 0.1) is 0 Å². The van der Waals surface area contributed by atoms with Crippen molar-refractivity contribution < 1.29 is 4.43 Å². The second-order valence-electron chi connectivity index (χ2n) is 6.05. The third-order valence-electron chi connectivity index (χ3n) is 4.94. The Bertz CT molecular complexity index is 195. The van der Waals surface area contributed by atoms with E-state index in [0.29, 0.717) is 9.76 Å². The van der Waals surface area contributed by atoms with Gasteiger partial charge in [-0.1, -0.05) is 80.1 Å². The molecular weight excluding hydrogens is 304 g/mol. The van der Waals surface area contributed by atoms with Crippen molar-refractivity contribution in [2.24, 2.45) is 17.8 Å². The molecule has 0 saturated heterocycles. The Morgan fingerprint density at radius 1 is 0.889 bits per heavy atom. The molecule has 0 aromatic heterocycles. The summed E-state index contributed by atoms with van der Waals surface area (Å²) in [6.07, 6.45) is 14.7. The molecule has 2 aliphatic rings. The SMILES string of the molecule is BrC[Si]OCC(C1CCCCC1)C1CCCCC1. The van der Waals surface area contributed by atoms with Crippen molar-refractivity contribution in [2.75, 3.05) is 11.6 Å². The van der Waals surface area contributed by atoms with Gasteiger partial charge in [-0.2, -0.15) is 0 Å². The van der Waals surface area contributed by atoms with Crippen LogP contribution in [-0.2, 0) is 4.43 Å². The molecule has 0 spiro atoms. The highest BCUT2D eigenvalue weighted by Gasteiger charge is 2.31. The zero-order valence-corrected chi connectivity index (χ0v) is 14.1. The monoisotopic (exact) mass is 330 g/mol. The zero-order valence-electron chi connectivity index (χ0n) is 11.5. The van der Waals surface area contributed by atoms with E-state index in [0.717, 1.165) is 29.3 Å². The van der Waals surface area contributed by atoms with Gasteiger partial charge in [0.25, 0.3) is 0 Å². The lowest BCUT2D eigenvalue weighted by molar-refractivity contribution is 0.0914. The van der Waals surface area contributed by atoms with E-state index in [-0.39, 0.29) is 0 Å². The normalized spacial score (nSPS) is 23.7. The minimum Gasteiger partial charge on any atom is -0.416 e. The molecule has 104 valence electrons. The summed E-state index contributed by atoms with van der Waals surface area (Å²) >= 11 is 3.48. The fraction of sp³-hybridized carbons (Fsp3) is 1.00. The summed E-state index contributed by atoms with van der Waals surface area (Å²) in [6.45, 7) is 1.04. The molecule has 0 aromatic rings. The Hall–Kier alpha value is 0.657. The van der Waals surface area contributed by atoms with E-state index in [1.165, 1.54) is 64.2 Å². The van der Waals surface area contributed by atoms with Gasteiger partial charge in [0.1, 0.15) is 0 Å². The fourth-order valence-corrected chi connectivity index (χ4v) is 4.85. The number of alkyl halides is 1. The van der Waals surface area contributed by atoms with E-state index in [4.69, 9.17) is 4.43 Å². The van der Waals surface area contributed by atoms with E-state index >= 15 is 0 Å². The van der Waals surface area contributed by atoms with Crippen molar-refractivity contribution in [1.82, 2.24) is 0 Å². The lowest BCUT2D eigenvalue weighted by Crippen LogP contribution is -2.31. The first-order valence-corrected chi connectivity index (χ1v) is 10.1. The Morgan fingerprint density at radius 3 is 1.83 bits per heavy atom. The van der Waals surface area contributed by atoms with Crippen LogP contribution in [0, 0.1) is 17.8 Å². The summed E-state index contributed by atoms with van der Waals surface area (Å²) in [5, 5.41) is 0. The number of hydrogen-bond donors (Lipinski definition) is 0. The van der Waals surface area contributed by atoms with Crippen LogP contribution in [0.15, 0.2) is 0 Å². The zero-order chi connectivity index (χ0) is 12.6. The Labute approximate surface area is 124 Å². The first-order chi connectivity index (χ1) is 8.92. The van der Waals surface area contributed by atoms with Gasteiger partial charge in [-0.15, -0.1) is 0 Å². The van der Waals surface area contributed by atoms with Gasteiger partial charge < -0.3 is 4.43 Å². The van der Waals surface area contributed by atoms with Gasteiger partial charge in [-0.3, -0.25) is 0 Å². The van der Waals surface area contributed by atoms with Crippen LogP contribution in [0.25, 0.3) is 0 Å². The van der Waals surface area contributed by atoms with Crippen molar-refractivity contribution in [3.63, 3.8) is 0 Å². The van der Waals surface area contributed by atoms with E-state index in [9.17, 15) is 0 Å².